The molecule has 1 saturated carbocycles. The maximum Gasteiger partial charge on any atom is 0.348 e. The molecule has 0 amide bonds. The van der Waals surface area contributed by atoms with Gasteiger partial charge < -0.3 is 10.4 Å². The second kappa shape index (κ2) is 3.31. The summed E-state index contributed by atoms with van der Waals surface area (Å²) in [7, 11) is 0. The standard InChI is InChI=1S/C9H11N5O2/c15-6-1-5(2-6)11-7-3-8-12-13-9(16)14(8)4-10-7/h3-6,11,15H,1-2H2,(H,13,16). The zero-order valence-electron chi connectivity index (χ0n) is 8.42. The summed E-state index contributed by atoms with van der Waals surface area (Å²) < 4.78 is 1.33. The number of hydrogen-bond acceptors (Lipinski definition) is 5. The number of fused-ring (bicyclic) bond motifs is 1. The number of aromatic nitrogens is 4. The van der Waals surface area contributed by atoms with Crippen molar-refractivity contribution in [3.8, 4) is 0 Å². The molecule has 1 aliphatic rings. The van der Waals surface area contributed by atoms with E-state index in [1.54, 1.807) is 6.07 Å². The molecular weight excluding hydrogens is 210 g/mol. The van der Waals surface area contributed by atoms with Crippen LogP contribution in [0.3, 0.4) is 0 Å². The van der Waals surface area contributed by atoms with Gasteiger partial charge in [0.25, 0.3) is 0 Å². The molecule has 1 fully saturated rings. The number of nitrogens with one attached hydrogen (secondary N) is 2. The number of aromatic amines is 1. The van der Waals surface area contributed by atoms with Gasteiger partial charge in [0.05, 0.1) is 6.10 Å². The molecule has 7 nitrogen and oxygen atoms in total. The minimum atomic E-state index is -0.298. The van der Waals surface area contributed by atoms with E-state index < -0.39 is 0 Å². The maximum atomic E-state index is 11.2. The van der Waals surface area contributed by atoms with Crippen LogP contribution in [-0.4, -0.2) is 36.8 Å². The van der Waals surface area contributed by atoms with E-state index in [4.69, 9.17) is 5.11 Å². The number of anilines is 1. The highest BCUT2D eigenvalue weighted by Gasteiger charge is 2.27. The van der Waals surface area contributed by atoms with Gasteiger partial charge in [0.15, 0.2) is 5.65 Å². The zero-order valence-corrected chi connectivity index (χ0v) is 8.42. The van der Waals surface area contributed by atoms with Gasteiger partial charge in [-0.05, 0) is 12.8 Å². The Morgan fingerprint density at radius 3 is 3.12 bits per heavy atom. The SMILES string of the molecule is O=c1[nH]nc2cc(NC3CC(O)C3)ncn12. The molecule has 1 aliphatic carbocycles. The Morgan fingerprint density at radius 2 is 2.38 bits per heavy atom. The second-order valence-electron chi connectivity index (χ2n) is 4.00. The summed E-state index contributed by atoms with van der Waals surface area (Å²) in [6.07, 6.45) is 2.70. The molecule has 0 atom stereocenters. The van der Waals surface area contributed by atoms with Crippen LogP contribution in [0.15, 0.2) is 17.2 Å². The van der Waals surface area contributed by atoms with Gasteiger partial charge in [0, 0.05) is 12.1 Å². The van der Waals surface area contributed by atoms with Gasteiger partial charge in [-0.2, -0.15) is 5.10 Å². The largest absolute Gasteiger partial charge is 0.393 e. The predicted molar refractivity (Wildman–Crippen MR) is 56.3 cm³/mol. The van der Waals surface area contributed by atoms with Crippen LogP contribution < -0.4 is 11.0 Å². The van der Waals surface area contributed by atoms with Crippen molar-refractivity contribution in [2.75, 3.05) is 5.32 Å². The first-order valence-electron chi connectivity index (χ1n) is 5.10. The summed E-state index contributed by atoms with van der Waals surface area (Å²) >= 11 is 0. The molecule has 7 heteroatoms. The molecule has 0 bridgehead atoms. The minimum Gasteiger partial charge on any atom is -0.393 e. The summed E-state index contributed by atoms with van der Waals surface area (Å²) in [5, 5.41) is 18.5. The highest BCUT2D eigenvalue weighted by Crippen LogP contribution is 2.23. The quantitative estimate of drug-likeness (QED) is 0.626. The predicted octanol–water partition coefficient (Wildman–Crippen LogP) is -0.647. The third kappa shape index (κ3) is 1.45. The number of rotatable bonds is 2. The van der Waals surface area contributed by atoms with Gasteiger partial charge in [-0.3, -0.25) is 0 Å². The van der Waals surface area contributed by atoms with Gasteiger partial charge >= 0.3 is 5.69 Å². The topological polar surface area (TPSA) is 95.3 Å². The van der Waals surface area contributed by atoms with Crippen molar-refractivity contribution in [3.05, 3.63) is 22.9 Å². The monoisotopic (exact) mass is 221 g/mol. The van der Waals surface area contributed by atoms with Crippen LogP contribution in [0, 0.1) is 0 Å². The molecule has 0 saturated heterocycles. The summed E-state index contributed by atoms with van der Waals surface area (Å²) in [5.41, 5.74) is 0.232. The summed E-state index contributed by atoms with van der Waals surface area (Å²) in [4.78, 5) is 15.3. The highest BCUT2D eigenvalue weighted by atomic mass is 16.3. The number of aliphatic hydroxyl groups is 1. The van der Waals surface area contributed by atoms with E-state index in [0.717, 1.165) is 12.8 Å². The van der Waals surface area contributed by atoms with Gasteiger partial charge in [0.1, 0.15) is 12.1 Å². The lowest BCUT2D eigenvalue weighted by Crippen LogP contribution is -2.39. The van der Waals surface area contributed by atoms with E-state index in [-0.39, 0.29) is 17.8 Å². The Morgan fingerprint density at radius 1 is 1.56 bits per heavy atom. The Kier molecular flexibility index (Phi) is 1.93. The number of aliphatic hydroxyl groups excluding tert-OH is 1. The minimum absolute atomic E-state index is 0.200. The van der Waals surface area contributed by atoms with Crippen LogP contribution in [0.2, 0.25) is 0 Å². The van der Waals surface area contributed by atoms with Crippen LogP contribution >= 0.6 is 0 Å². The molecule has 84 valence electrons. The fraction of sp³-hybridized carbons (Fsp3) is 0.444. The molecule has 16 heavy (non-hydrogen) atoms. The van der Waals surface area contributed by atoms with E-state index >= 15 is 0 Å². The third-order valence-electron chi connectivity index (χ3n) is 2.78. The summed E-state index contributed by atoms with van der Waals surface area (Å²) in [6, 6.07) is 1.96. The molecule has 0 unspecified atom stereocenters. The Bertz CT molecular complexity index is 569. The average molecular weight is 221 g/mol. The molecule has 3 rings (SSSR count). The van der Waals surface area contributed by atoms with Crippen molar-refractivity contribution in [2.45, 2.75) is 25.0 Å². The van der Waals surface area contributed by atoms with Crippen LogP contribution in [0.5, 0.6) is 0 Å². The smallest absolute Gasteiger partial charge is 0.348 e. The van der Waals surface area contributed by atoms with Crippen molar-refractivity contribution in [1.29, 1.82) is 0 Å². The first-order chi connectivity index (χ1) is 7.72. The molecule has 0 aliphatic heterocycles. The van der Waals surface area contributed by atoms with Crippen molar-refractivity contribution in [1.82, 2.24) is 19.6 Å². The van der Waals surface area contributed by atoms with Gasteiger partial charge in [-0.15, -0.1) is 0 Å². The summed E-state index contributed by atoms with van der Waals surface area (Å²) in [5.74, 6) is 0.670. The molecule has 0 radical (unpaired) electrons. The fourth-order valence-corrected chi connectivity index (χ4v) is 1.80. The van der Waals surface area contributed by atoms with Crippen LogP contribution in [-0.2, 0) is 0 Å². The molecule has 0 aromatic carbocycles. The van der Waals surface area contributed by atoms with Crippen molar-refractivity contribution in [2.24, 2.45) is 0 Å². The normalized spacial score (nSPS) is 24.3. The number of H-pyrrole nitrogens is 1. The van der Waals surface area contributed by atoms with Crippen LogP contribution in [0.25, 0.3) is 5.65 Å². The highest BCUT2D eigenvalue weighted by molar-refractivity contribution is 5.49. The molecule has 2 heterocycles. The second-order valence-corrected chi connectivity index (χ2v) is 4.00. The Balaban J connectivity index is 1.85. The van der Waals surface area contributed by atoms with E-state index in [1.807, 2.05) is 0 Å². The van der Waals surface area contributed by atoms with Gasteiger partial charge in [0.2, 0.25) is 0 Å². The fourth-order valence-electron chi connectivity index (χ4n) is 1.80. The number of hydrogen-bond donors (Lipinski definition) is 3. The molecule has 0 spiro atoms. The van der Waals surface area contributed by atoms with Gasteiger partial charge in [-0.1, -0.05) is 0 Å². The third-order valence-corrected chi connectivity index (χ3v) is 2.78. The lowest BCUT2D eigenvalue weighted by atomic mass is 9.89. The Hall–Kier alpha value is -1.89. The lowest BCUT2D eigenvalue weighted by molar-refractivity contribution is 0.0835. The first-order valence-corrected chi connectivity index (χ1v) is 5.10. The maximum absolute atomic E-state index is 11.2. The van der Waals surface area contributed by atoms with Gasteiger partial charge in [-0.25, -0.2) is 19.3 Å². The van der Waals surface area contributed by atoms with Crippen molar-refractivity contribution < 1.29 is 5.11 Å². The summed E-state index contributed by atoms with van der Waals surface area (Å²) in [6.45, 7) is 0. The zero-order chi connectivity index (χ0) is 11.1. The first kappa shape index (κ1) is 9.34. The van der Waals surface area contributed by atoms with Crippen molar-refractivity contribution >= 4 is 11.5 Å². The number of nitrogens with zero attached hydrogens (tertiary/aromatic N) is 3. The molecule has 3 N–H and O–H groups in total. The average Bonchev–Trinajstić information content (AvgIpc) is 2.58. The lowest BCUT2D eigenvalue weighted by Gasteiger charge is -2.32. The molecule has 2 aromatic rings. The van der Waals surface area contributed by atoms with E-state index in [0.29, 0.717) is 11.5 Å². The Labute approximate surface area is 90.1 Å². The van der Waals surface area contributed by atoms with Crippen LogP contribution in [0.4, 0.5) is 5.82 Å². The van der Waals surface area contributed by atoms with E-state index in [2.05, 4.69) is 20.5 Å². The molecular formula is C9H11N5O2. The van der Waals surface area contributed by atoms with E-state index in [1.165, 1.54) is 10.7 Å². The van der Waals surface area contributed by atoms with Crippen LogP contribution in [0.1, 0.15) is 12.8 Å². The van der Waals surface area contributed by atoms with Crippen molar-refractivity contribution in [3.63, 3.8) is 0 Å². The van der Waals surface area contributed by atoms with E-state index in [9.17, 15) is 4.79 Å². The molecule has 2 aromatic heterocycles.